The van der Waals surface area contributed by atoms with Gasteiger partial charge >= 0.3 is 0 Å². The smallest absolute Gasteiger partial charge is 0.131 e. The van der Waals surface area contributed by atoms with Gasteiger partial charge in [0.25, 0.3) is 0 Å². The summed E-state index contributed by atoms with van der Waals surface area (Å²) in [5.74, 6) is 0.260. The molecule has 1 aromatic heterocycles. The first-order valence-electron chi connectivity index (χ1n) is 5.06. The first-order valence-corrected chi connectivity index (χ1v) is 5.85. The van der Waals surface area contributed by atoms with Gasteiger partial charge < -0.3 is 10.1 Å². The predicted molar refractivity (Wildman–Crippen MR) is 69.9 cm³/mol. The maximum Gasteiger partial charge on any atom is 0.131 e. The van der Waals surface area contributed by atoms with Crippen LogP contribution in [0, 0.1) is 6.92 Å². The molecule has 0 saturated heterocycles. The largest absolute Gasteiger partial charge is 0.507 e. The number of H-pyrrole nitrogens is 1. The van der Waals surface area contributed by atoms with Gasteiger partial charge in [-0.25, -0.2) is 0 Å². The number of aryl methyl sites for hydroxylation is 1. The molecule has 0 bridgehead atoms. The molecule has 0 atom stereocenters. The third-order valence-electron chi connectivity index (χ3n) is 2.82. The zero-order valence-electron chi connectivity index (χ0n) is 8.71. The van der Waals surface area contributed by atoms with Crippen molar-refractivity contribution in [2.75, 3.05) is 0 Å². The Morgan fingerprint density at radius 1 is 1.06 bits per heavy atom. The number of phenols is 1. The Morgan fingerprint density at radius 2 is 1.81 bits per heavy atom. The topological polar surface area (TPSA) is 36.0 Å². The van der Waals surface area contributed by atoms with Crippen LogP contribution in [0.4, 0.5) is 0 Å². The fourth-order valence-electron chi connectivity index (χ4n) is 2.02. The molecule has 0 spiro atoms. The number of rotatable bonds is 0. The van der Waals surface area contributed by atoms with E-state index >= 15 is 0 Å². The van der Waals surface area contributed by atoms with Crippen LogP contribution in [-0.2, 0) is 0 Å². The number of halogens is 1. The summed E-state index contributed by atoms with van der Waals surface area (Å²) >= 11 is 3.34. The SMILES string of the molecule is Cc1ccc2[nH]c3cc(O)c(Br)cc3c2c1. The summed E-state index contributed by atoms with van der Waals surface area (Å²) in [5.41, 5.74) is 3.29. The zero-order valence-corrected chi connectivity index (χ0v) is 10.3. The second-order valence-electron chi connectivity index (χ2n) is 4.02. The van der Waals surface area contributed by atoms with Crippen LogP contribution < -0.4 is 0 Å². The maximum atomic E-state index is 9.63. The molecule has 3 heteroatoms. The molecular formula is C13H10BrNO. The number of hydrogen-bond donors (Lipinski definition) is 2. The molecule has 3 rings (SSSR count). The molecule has 2 aromatic carbocycles. The van der Waals surface area contributed by atoms with E-state index in [9.17, 15) is 5.11 Å². The molecule has 0 amide bonds. The number of hydrogen-bond acceptors (Lipinski definition) is 1. The van der Waals surface area contributed by atoms with Crippen LogP contribution in [0.25, 0.3) is 21.8 Å². The standard InChI is InChI=1S/C13H10BrNO/c1-7-2-3-11-8(4-7)9-5-10(14)13(16)6-12(9)15-11/h2-6,15-16H,1H3. The molecule has 2 N–H and O–H groups in total. The van der Waals surface area contributed by atoms with Gasteiger partial charge in [-0.2, -0.15) is 0 Å². The van der Waals surface area contributed by atoms with Crippen molar-refractivity contribution in [1.82, 2.24) is 4.98 Å². The van der Waals surface area contributed by atoms with Crippen LogP contribution in [0.3, 0.4) is 0 Å². The molecule has 0 saturated carbocycles. The second kappa shape index (κ2) is 3.25. The minimum absolute atomic E-state index is 0.260. The van der Waals surface area contributed by atoms with E-state index in [-0.39, 0.29) is 5.75 Å². The molecule has 3 aromatic rings. The molecule has 1 heterocycles. The highest BCUT2D eigenvalue weighted by Gasteiger charge is 2.07. The van der Waals surface area contributed by atoms with Gasteiger partial charge in [-0.15, -0.1) is 0 Å². The lowest BCUT2D eigenvalue weighted by molar-refractivity contribution is 0.473. The number of aromatic amines is 1. The Hall–Kier alpha value is -1.48. The number of benzene rings is 2. The Morgan fingerprint density at radius 3 is 2.62 bits per heavy atom. The molecule has 80 valence electrons. The fourth-order valence-corrected chi connectivity index (χ4v) is 2.37. The molecule has 0 aliphatic heterocycles. The lowest BCUT2D eigenvalue weighted by Gasteiger charge is -1.97. The lowest BCUT2D eigenvalue weighted by Crippen LogP contribution is -1.72. The van der Waals surface area contributed by atoms with Gasteiger partial charge in [-0.05, 0) is 41.1 Å². The zero-order chi connectivity index (χ0) is 11.3. The third-order valence-corrected chi connectivity index (χ3v) is 3.46. The van der Waals surface area contributed by atoms with Crippen LogP contribution in [0.2, 0.25) is 0 Å². The quantitative estimate of drug-likeness (QED) is 0.637. The lowest BCUT2D eigenvalue weighted by atomic mass is 10.1. The number of fused-ring (bicyclic) bond motifs is 3. The van der Waals surface area contributed by atoms with Crippen molar-refractivity contribution in [1.29, 1.82) is 0 Å². The van der Waals surface area contributed by atoms with Crippen molar-refractivity contribution >= 4 is 37.7 Å². The van der Waals surface area contributed by atoms with Gasteiger partial charge in [0.1, 0.15) is 5.75 Å². The molecule has 0 aliphatic rings. The number of phenolic OH excluding ortho intramolecular Hbond substituents is 1. The summed E-state index contributed by atoms with van der Waals surface area (Å²) in [6.45, 7) is 2.08. The van der Waals surface area contributed by atoms with E-state index in [1.807, 2.05) is 6.07 Å². The van der Waals surface area contributed by atoms with Crippen molar-refractivity contribution < 1.29 is 5.11 Å². The third kappa shape index (κ3) is 1.32. The van der Waals surface area contributed by atoms with E-state index in [0.29, 0.717) is 0 Å². The Labute approximate surface area is 101 Å². The van der Waals surface area contributed by atoms with Gasteiger partial charge in [-0.1, -0.05) is 11.6 Å². The van der Waals surface area contributed by atoms with Crippen molar-refractivity contribution in [3.63, 3.8) is 0 Å². The van der Waals surface area contributed by atoms with Crippen molar-refractivity contribution in [3.05, 3.63) is 40.4 Å². The number of aromatic nitrogens is 1. The summed E-state index contributed by atoms with van der Waals surface area (Å²) < 4.78 is 0.724. The van der Waals surface area contributed by atoms with Crippen LogP contribution >= 0.6 is 15.9 Å². The molecule has 0 radical (unpaired) electrons. The van der Waals surface area contributed by atoms with Crippen LogP contribution in [0.1, 0.15) is 5.56 Å². The van der Waals surface area contributed by atoms with Crippen LogP contribution in [0.15, 0.2) is 34.8 Å². The molecule has 0 aliphatic carbocycles. The van der Waals surface area contributed by atoms with E-state index in [1.54, 1.807) is 6.07 Å². The predicted octanol–water partition coefficient (Wildman–Crippen LogP) is 4.10. The molecule has 16 heavy (non-hydrogen) atoms. The summed E-state index contributed by atoms with van der Waals surface area (Å²) in [4.78, 5) is 3.29. The van der Waals surface area contributed by atoms with E-state index in [0.717, 1.165) is 20.9 Å². The highest BCUT2D eigenvalue weighted by molar-refractivity contribution is 9.10. The van der Waals surface area contributed by atoms with Gasteiger partial charge in [0, 0.05) is 22.4 Å². The Bertz CT molecular complexity index is 700. The normalized spacial score (nSPS) is 11.4. The van der Waals surface area contributed by atoms with E-state index in [1.165, 1.54) is 10.9 Å². The van der Waals surface area contributed by atoms with E-state index in [2.05, 4.69) is 46.0 Å². The number of nitrogens with one attached hydrogen (secondary N) is 1. The van der Waals surface area contributed by atoms with Crippen molar-refractivity contribution in [2.45, 2.75) is 6.92 Å². The van der Waals surface area contributed by atoms with Crippen LogP contribution in [-0.4, -0.2) is 10.1 Å². The average Bonchev–Trinajstić information content (AvgIpc) is 2.57. The van der Waals surface area contributed by atoms with Gasteiger partial charge in [0.05, 0.1) is 9.99 Å². The Balaban J connectivity index is 2.53. The van der Waals surface area contributed by atoms with Crippen LogP contribution in [0.5, 0.6) is 5.75 Å². The summed E-state index contributed by atoms with van der Waals surface area (Å²) in [7, 11) is 0. The van der Waals surface area contributed by atoms with Crippen molar-refractivity contribution in [2.24, 2.45) is 0 Å². The monoisotopic (exact) mass is 275 g/mol. The minimum Gasteiger partial charge on any atom is -0.507 e. The summed E-state index contributed by atoms with van der Waals surface area (Å²) in [6.07, 6.45) is 0. The maximum absolute atomic E-state index is 9.63. The number of aromatic hydroxyl groups is 1. The first kappa shape index (κ1) is 9.73. The minimum atomic E-state index is 0.260. The molecule has 0 unspecified atom stereocenters. The highest BCUT2D eigenvalue weighted by Crippen LogP contribution is 2.33. The van der Waals surface area contributed by atoms with Gasteiger partial charge in [0.2, 0.25) is 0 Å². The highest BCUT2D eigenvalue weighted by atomic mass is 79.9. The Kier molecular flexibility index (Phi) is 1.98. The fraction of sp³-hybridized carbons (Fsp3) is 0.0769. The second-order valence-corrected chi connectivity index (χ2v) is 4.88. The van der Waals surface area contributed by atoms with Gasteiger partial charge in [0.15, 0.2) is 0 Å². The van der Waals surface area contributed by atoms with Gasteiger partial charge in [-0.3, -0.25) is 0 Å². The van der Waals surface area contributed by atoms with Crippen molar-refractivity contribution in [3.8, 4) is 5.75 Å². The average molecular weight is 276 g/mol. The summed E-state index contributed by atoms with van der Waals surface area (Å²) in [6, 6.07) is 9.98. The first-order chi connectivity index (χ1) is 7.65. The summed E-state index contributed by atoms with van der Waals surface area (Å²) in [5, 5.41) is 11.9. The van der Waals surface area contributed by atoms with E-state index in [4.69, 9.17) is 0 Å². The molecule has 2 nitrogen and oxygen atoms in total. The molecular weight excluding hydrogens is 266 g/mol. The van der Waals surface area contributed by atoms with E-state index < -0.39 is 0 Å². The molecule has 0 fully saturated rings.